The number of nitrogens with zero attached hydrogens (tertiary/aromatic N) is 3. The number of aliphatic carboxylic acids is 1. The van der Waals surface area contributed by atoms with E-state index in [1.165, 1.54) is 11.6 Å². The maximum atomic E-state index is 10.9. The minimum Gasteiger partial charge on any atom is -0.479 e. The number of nitrogens with one attached hydrogen (secondary N) is 1. The number of hydrogen-bond donors (Lipinski definition) is 2. The van der Waals surface area contributed by atoms with Crippen molar-refractivity contribution in [1.29, 1.82) is 0 Å². The normalized spacial score (nSPS) is 10.3. The number of carbonyl (C=O) groups is 1. The minimum absolute atomic E-state index is 0.0561. The second-order valence-electron chi connectivity index (χ2n) is 3.55. The van der Waals surface area contributed by atoms with Gasteiger partial charge in [-0.15, -0.1) is 0 Å². The molecule has 0 spiro atoms. The fourth-order valence-electron chi connectivity index (χ4n) is 1.43. The van der Waals surface area contributed by atoms with Crippen LogP contribution in [0.25, 0.3) is 0 Å². The molecule has 0 aromatic carbocycles. The summed E-state index contributed by atoms with van der Waals surface area (Å²) < 4.78 is 1.38. The van der Waals surface area contributed by atoms with Crippen LogP contribution in [0.15, 0.2) is 0 Å². The van der Waals surface area contributed by atoms with Crippen molar-refractivity contribution >= 4 is 17.5 Å². The summed E-state index contributed by atoms with van der Waals surface area (Å²) in [5.41, 5.74) is 2.31. The van der Waals surface area contributed by atoms with Crippen molar-refractivity contribution in [2.45, 2.75) is 26.8 Å². The second-order valence-corrected chi connectivity index (χ2v) is 3.55. The highest BCUT2D eigenvalue weighted by molar-refractivity contribution is 5.68. The van der Waals surface area contributed by atoms with Gasteiger partial charge >= 0.3 is 11.7 Å². The highest BCUT2D eigenvalue weighted by Gasteiger charge is 2.25. The Kier molecular flexibility index (Phi) is 4.60. The number of rotatable bonds is 7. The molecule has 0 unspecified atom stereocenters. The number of carboxylic acids is 1. The van der Waals surface area contributed by atoms with Crippen molar-refractivity contribution in [2.75, 3.05) is 12.1 Å². The van der Waals surface area contributed by atoms with Crippen LogP contribution >= 0.6 is 0 Å². The largest absolute Gasteiger partial charge is 0.479 e. The van der Waals surface area contributed by atoms with Gasteiger partial charge in [-0.1, -0.05) is 6.92 Å². The summed E-state index contributed by atoms with van der Waals surface area (Å²) in [6.07, 6.45) is 0.728. The average molecular weight is 258 g/mol. The van der Waals surface area contributed by atoms with Crippen molar-refractivity contribution in [1.82, 2.24) is 9.78 Å². The zero-order chi connectivity index (χ0) is 13.7. The molecule has 0 atom stereocenters. The van der Waals surface area contributed by atoms with Crippen molar-refractivity contribution in [2.24, 2.45) is 0 Å². The molecule has 9 heteroatoms. The molecule has 0 radical (unpaired) electrons. The Hall–Kier alpha value is -2.16. The van der Waals surface area contributed by atoms with Crippen LogP contribution in [0.1, 0.15) is 19.0 Å². The predicted octanol–water partition coefficient (Wildman–Crippen LogP) is 0.938. The summed E-state index contributed by atoms with van der Waals surface area (Å²) >= 11 is 0. The van der Waals surface area contributed by atoms with Crippen molar-refractivity contribution in [3.05, 3.63) is 15.8 Å². The van der Waals surface area contributed by atoms with Gasteiger partial charge in [0.15, 0.2) is 6.61 Å². The van der Waals surface area contributed by atoms with E-state index >= 15 is 0 Å². The maximum absolute atomic E-state index is 10.9. The first-order valence-electron chi connectivity index (χ1n) is 5.28. The number of aryl methyl sites for hydroxylation is 2. The first kappa shape index (κ1) is 13.9. The number of anilines is 1. The minimum atomic E-state index is -1.18. The summed E-state index contributed by atoms with van der Waals surface area (Å²) in [5.74, 6) is -1.12. The molecule has 2 N–H and O–H groups in total. The lowest BCUT2D eigenvalue weighted by Gasteiger charge is -2.06. The van der Waals surface area contributed by atoms with E-state index < -0.39 is 17.5 Å². The summed E-state index contributed by atoms with van der Waals surface area (Å²) in [4.78, 5) is 25.3. The monoisotopic (exact) mass is 258 g/mol. The van der Waals surface area contributed by atoms with E-state index in [9.17, 15) is 14.9 Å². The summed E-state index contributed by atoms with van der Waals surface area (Å²) in [7, 11) is 0. The van der Waals surface area contributed by atoms with Crippen LogP contribution in [0, 0.1) is 17.0 Å². The average Bonchev–Trinajstić information content (AvgIpc) is 2.55. The highest BCUT2D eigenvalue weighted by Crippen LogP contribution is 2.28. The third-order valence-corrected chi connectivity index (χ3v) is 2.08. The van der Waals surface area contributed by atoms with Crippen LogP contribution in [0.2, 0.25) is 0 Å². The Bertz CT molecular complexity index is 456. The van der Waals surface area contributed by atoms with Gasteiger partial charge in [0.05, 0.1) is 4.92 Å². The Morgan fingerprint density at radius 3 is 2.83 bits per heavy atom. The topological polar surface area (TPSA) is 120 Å². The van der Waals surface area contributed by atoms with E-state index in [1.54, 1.807) is 0 Å². The Morgan fingerprint density at radius 1 is 1.67 bits per heavy atom. The number of nitro groups is 1. The van der Waals surface area contributed by atoms with E-state index in [0.717, 1.165) is 6.42 Å². The molecular formula is C9H14N4O5. The third kappa shape index (κ3) is 3.17. The lowest BCUT2D eigenvalue weighted by molar-refractivity contribution is -0.384. The van der Waals surface area contributed by atoms with Gasteiger partial charge in [0, 0.05) is 6.54 Å². The number of aromatic nitrogens is 2. The van der Waals surface area contributed by atoms with Gasteiger partial charge in [-0.3, -0.25) is 15.0 Å². The molecule has 100 valence electrons. The fourth-order valence-corrected chi connectivity index (χ4v) is 1.43. The molecular weight excluding hydrogens is 244 g/mol. The molecule has 1 aromatic heterocycles. The Labute approximate surface area is 102 Å². The van der Waals surface area contributed by atoms with Crippen molar-refractivity contribution in [3.63, 3.8) is 0 Å². The van der Waals surface area contributed by atoms with Crippen molar-refractivity contribution < 1.29 is 19.7 Å². The van der Waals surface area contributed by atoms with Gasteiger partial charge < -0.3 is 5.11 Å². The summed E-state index contributed by atoms with van der Waals surface area (Å²) in [5, 5.41) is 23.3. The molecule has 1 rings (SSSR count). The molecule has 0 fully saturated rings. The van der Waals surface area contributed by atoms with Crippen LogP contribution in [0.5, 0.6) is 0 Å². The van der Waals surface area contributed by atoms with E-state index in [1.807, 2.05) is 6.92 Å². The van der Waals surface area contributed by atoms with Gasteiger partial charge in [0.1, 0.15) is 5.69 Å². The van der Waals surface area contributed by atoms with Crippen LogP contribution in [0.4, 0.5) is 11.5 Å². The molecule has 0 saturated heterocycles. The predicted molar refractivity (Wildman–Crippen MR) is 61.1 cm³/mol. The van der Waals surface area contributed by atoms with Crippen LogP contribution in [-0.4, -0.2) is 32.4 Å². The van der Waals surface area contributed by atoms with Crippen LogP contribution in [0.3, 0.4) is 0 Å². The maximum Gasteiger partial charge on any atom is 0.335 e. The second kappa shape index (κ2) is 5.96. The smallest absolute Gasteiger partial charge is 0.335 e. The lowest BCUT2D eigenvalue weighted by Crippen LogP contribution is -2.15. The van der Waals surface area contributed by atoms with E-state index in [4.69, 9.17) is 5.11 Å². The molecule has 0 aliphatic rings. The van der Waals surface area contributed by atoms with Crippen molar-refractivity contribution in [3.8, 4) is 0 Å². The van der Waals surface area contributed by atoms with E-state index in [0.29, 0.717) is 6.54 Å². The highest BCUT2D eigenvalue weighted by atomic mass is 16.7. The molecule has 18 heavy (non-hydrogen) atoms. The first-order chi connectivity index (χ1) is 8.47. The molecule has 0 amide bonds. The van der Waals surface area contributed by atoms with Gasteiger partial charge in [0.2, 0.25) is 5.82 Å². The fraction of sp³-hybridized carbons (Fsp3) is 0.556. The molecule has 0 bridgehead atoms. The van der Waals surface area contributed by atoms with Crippen LogP contribution in [-0.2, 0) is 16.2 Å². The number of carboxylic acid groups (broad SMARTS) is 1. The summed E-state index contributed by atoms with van der Waals surface area (Å²) in [6, 6.07) is 0. The number of hydrogen-bond acceptors (Lipinski definition) is 6. The molecule has 0 aliphatic heterocycles. The standard InChI is InChI=1S/C9H14N4O5/c1-3-4-12-9(11-18-5-7(14)15)8(13(16)17)6(2)10-12/h11H,3-5H2,1-2H3,(H,14,15). The summed E-state index contributed by atoms with van der Waals surface area (Å²) in [6.45, 7) is 3.26. The molecule has 1 heterocycles. The quantitative estimate of drug-likeness (QED) is 0.551. The Morgan fingerprint density at radius 2 is 2.33 bits per heavy atom. The molecule has 9 nitrogen and oxygen atoms in total. The van der Waals surface area contributed by atoms with Gasteiger partial charge in [0.25, 0.3) is 0 Å². The molecule has 1 aromatic rings. The third-order valence-electron chi connectivity index (χ3n) is 2.08. The van der Waals surface area contributed by atoms with E-state index in [-0.39, 0.29) is 17.2 Å². The van der Waals surface area contributed by atoms with Crippen LogP contribution < -0.4 is 5.48 Å². The molecule has 0 saturated carbocycles. The first-order valence-corrected chi connectivity index (χ1v) is 5.28. The molecule has 0 aliphatic carbocycles. The zero-order valence-electron chi connectivity index (χ0n) is 10.0. The SMILES string of the molecule is CCCn1nc(C)c([N+](=O)[O-])c1NOCC(=O)O. The zero-order valence-corrected chi connectivity index (χ0v) is 10.0. The van der Waals surface area contributed by atoms with Gasteiger partial charge in [-0.05, 0) is 13.3 Å². The van der Waals surface area contributed by atoms with E-state index in [2.05, 4.69) is 15.4 Å². The lowest BCUT2D eigenvalue weighted by atomic mass is 10.4. The van der Waals surface area contributed by atoms with Gasteiger partial charge in [-0.2, -0.15) is 5.10 Å². The van der Waals surface area contributed by atoms with Gasteiger partial charge in [-0.25, -0.2) is 15.0 Å². The Balaban J connectivity index is 2.96.